The van der Waals surface area contributed by atoms with Gasteiger partial charge in [0.05, 0.1) is 34.2 Å². The van der Waals surface area contributed by atoms with Gasteiger partial charge in [0.2, 0.25) is 11.9 Å². The van der Waals surface area contributed by atoms with Gasteiger partial charge in [0.15, 0.2) is 5.65 Å². The lowest BCUT2D eigenvalue weighted by Gasteiger charge is -2.30. The average molecular weight is 447 g/mol. The number of rotatable bonds is 5. The summed E-state index contributed by atoms with van der Waals surface area (Å²) in [4.78, 5) is 11.3. The van der Waals surface area contributed by atoms with E-state index in [1.807, 2.05) is 6.07 Å². The minimum Gasteiger partial charge on any atom is -0.364 e. The molecule has 2 unspecified atom stereocenters. The SMILES string of the molecule is N#Cc1cc(Nc2nc(NC3CC3)n3ncc(C#N)c3n2)c(Cl)c(N2CCNC3CC32)c1. The van der Waals surface area contributed by atoms with E-state index < -0.39 is 0 Å². The second kappa shape index (κ2) is 7.23. The van der Waals surface area contributed by atoms with Crippen LogP contribution in [-0.4, -0.2) is 50.8 Å². The molecule has 1 aliphatic heterocycles. The highest BCUT2D eigenvalue weighted by molar-refractivity contribution is 6.36. The molecule has 3 heterocycles. The van der Waals surface area contributed by atoms with E-state index in [1.165, 1.54) is 10.7 Å². The first kappa shape index (κ1) is 19.1. The van der Waals surface area contributed by atoms with Crippen LogP contribution in [0.4, 0.5) is 23.3 Å². The zero-order chi connectivity index (χ0) is 21.8. The zero-order valence-corrected chi connectivity index (χ0v) is 17.8. The molecule has 0 bridgehead atoms. The summed E-state index contributed by atoms with van der Waals surface area (Å²) in [7, 11) is 0. The molecule has 2 atom stereocenters. The summed E-state index contributed by atoms with van der Waals surface area (Å²) >= 11 is 6.82. The molecule has 11 heteroatoms. The highest BCUT2D eigenvalue weighted by Crippen LogP contribution is 2.42. The predicted octanol–water partition coefficient (Wildman–Crippen LogP) is 2.39. The molecule has 32 heavy (non-hydrogen) atoms. The van der Waals surface area contributed by atoms with Crippen molar-refractivity contribution in [1.29, 1.82) is 10.5 Å². The summed E-state index contributed by atoms with van der Waals surface area (Å²) in [5.41, 5.74) is 2.65. The van der Waals surface area contributed by atoms with Crippen molar-refractivity contribution in [2.24, 2.45) is 0 Å². The Morgan fingerprint density at radius 2 is 2.06 bits per heavy atom. The molecule has 3 aromatic rings. The number of nitrogens with one attached hydrogen (secondary N) is 3. The molecular formula is C21H19ClN10. The number of nitrogens with zero attached hydrogens (tertiary/aromatic N) is 7. The van der Waals surface area contributed by atoms with Crippen molar-refractivity contribution in [2.75, 3.05) is 28.6 Å². The van der Waals surface area contributed by atoms with Crippen LogP contribution in [0.5, 0.6) is 0 Å². The van der Waals surface area contributed by atoms with Crippen molar-refractivity contribution in [2.45, 2.75) is 37.4 Å². The molecule has 6 rings (SSSR count). The molecule has 1 saturated heterocycles. The molecule has 3 fully saturated rings. The number of aromatic nitrogens is 4. The van der Waals surface area contributed by atoms with Crippen LogP contribution in [0.25, 0.3) is 5.65 Å². The van der Waals surface area contributed by atoms with Crippen LogP contribution in [0.1, 0.15) is 30.4 Å². The third-order valence-electron chi connectivity index (χ3n) is 6.05. The Balaban J connectivity index is 1.41. The van der Waals surface area contributed by atoms with Crippen molar-refractivity contribution in [3.63, 3.8) is 0 Å². The fraction of sp³-hybridized carbons (Fsp3) is 0.381. The number of anilines is 4. The monoisotopic (exact) mass is 446 g/mol. The van der Waals surface area contributed by atoms with Crippen LogP contribution < -0.4 is 20.9 Å². The molecule has 0 spiro atoms. The van der Waals surface area contributed by atoms with E-state index >= 15 is 0 Å². The van der Waals surface area contributed by atoms with Gasteiger partial charge in [0.1, 0.15) is 11.6 Å². The standard InChI is InChI=1S/C21H19ClN10/c22-18-15(5-11(8-23)6-17(18)31-4-3-25-14-7-16(14)31)28-20-29-19-12(9-24)10-26-32(19)21(30-20)27-13-1-2-13/h5-6,10,13-14,16,25H,1-4,7H2,(H2,27,28,29,30). The topological polar surface area (TPSA) is 130 Å². The van der Waals surface area contributed by atoms with E-state index in [0.717, 1.165) is 38.0 Å². The minimum atomic E-state index is 0.283. The molecule has 160 valence electrons. The first-order chi connectivity index (χ1) is 15.6. The Bertz CT molecular complexity index is 1310. The average Bonchev–Trinajstić information content (AvgIpc) is 3.72. The second-order valence-corrected chi connectivity index (χ2v) is 8.72. The van der Waals surface area contributed by atoms with E-state index in [2.05, 4.69) is 48.1 Å². The van der Waals surface area contributed by atoms with E-state index in [9.17, 15) is 10.5 Å². The fourth-order valence-corrected chi connectivity index (χ4v) is 4.46. The van der Waals surface area contributed by atoms with Crippen LogP contribution in [0.3, 0.4) is 0 Å². The summed E-state index contributed by atoms with van der Waals surface area (Å²) in [6, 6.07) is 9.10. The molecule has 1 aromatic carbocycles. The zero-order valence-electron chi connectivity index (χ0n) is 17.0. The van der Waals surface area contributed by atoms with Gasteiger partial charge in [-0.15, -0.1) is 0 Å². The van der Waals surface area contributed by atoms with Gasteiger partial charge in [-0.2, -0.15) is 30.1 Å². The molecule has 2 saturated carbocycles. The minimum absolute atomic E-state index is 0.283. The quantitative estimate of drug-likeness (QED) is 0.540. The first-order valence-corrected chi connectivity index (χ1v) is 11.0. The van der Waals surface area contributed by atoms with Crippen molar-refractivity contribution < 1.29 is 0 Å². The van der Waals surface area contributed by atoms with E-state index in [-0.39, 0.29) is 5.95 Å². The highest BCUT2D eigenvalue weighted by atomic mass is 35.5. The third-order valence-corrected chi connectivity index (χ3v) is 6.45. The summed E-state index contributed by atoms with van der Waals surface area (Å²) in [5.74, 6) is 0.794. The Kier molecular flexibility index (Phi) is 4.32. The molecule has 2 aromatic heterocycles. The molecule has 2 aliphatic carbocycles. The van der Waals surface area contributed by atoms with Crippen molar-refractivity contribution in [1.82, 2.24) is 24.9 Å². The van der Waals surface area contributed by atoms with Crippen molar-refractivity contribution in [3.8, 4) is 12.1 Å². The number of nitriles is 2. The molecule has 10 nitrogen and oxygen atoms in total. The number of hydrogen-bond acceptors (Lipinski definition) is 9. The van der Waals surface area contributed by atoms with E-state index in [1.54, 1.807) is 6.07 Å². The predicted molar refractivity (Wildman–Crippen MR) is 119 cm³/mol. The number of piperazine rings is 1. The Morgan fingerprint density at radius 3 is 2.84 bits per heavy atom. The van der Waals surface area contributed by atoms with Gasteiger partial charge < -0.3 is 20.9 Å². The van der Waals surface area contributed by atoms with Gasteiger partial charge in [0.25, 0.3) is 0 Å². The van der Waals surface area contributed by atoms with Crippen LogP contribution in [0.2, 0.25) is 5.02 Å². The summed E-state index contributed by atoms with van der Waals surface area (Å²) in [6.07, 6.45) is 4.67. The van der Waals surface area contributed by atoms with E-state index in [0.29, 0.717) is 51.6 Å². The van der Waals surface area contributed by atoms with E-state index in [4.69, 9.17) is 11.6 Å². The van der Waals surface area contributed by atoms with Gasteiger partial charge in [-0.3, -0.25) is 0 Å². The smallest absolute Gasteiger partial charge is 0.232 e. The maximum atomic E-state index is 9.61. The van der Waals surface area contributed by atoms with Crippen LogP contribution in [0, 0.1) is 22.7 Å². The lowest BCUT2D eigenvalue weighted by molar-refractivity contribution is 0.581. The Morgan fingerprint density at radius 1 is 1.19 bits per heavy atom. The number of fused-ring (bicyclic) bond motifs is 2. The lowest BCUT2D eigenvalue weighted by Crippen LogP contribution is -2.43. The molecule has 3 aliphatic rings. The summed E-state index contributed by atoms with van der Waals surface area (Å²) in [5, 5.41) is 33.8. The van der Waals surface area contributed by atoms with Gasteiger partial charge in [0, 0.05) is 31.2 Å². The number of halogens is 1. The lowest BCUT2D eigenvalue weighted by atomic mass is 10.1. The fourth-order valence-electron chi connectivity index (χ4n) is 4.19. The normalized spacial score (nSPS) is 21.5. The van der Waals surface area contributed by atoms with Gasteiger partial charge in [-0.05, 0) is 31.4 Å². The number of hydrogen-bond donors (Lipinski definition) is 3. The third kappa shape index (κ3) is 3.25. The molecule has 3 N–H and O–H groups in total. The summed E-state index contributed by atoms with van der Waals surface area (Å²) < 4.78 is 1.54. The largest absolute Gasteiger partial charge is 0.364 e. The van der Waals surface area contributed by atoms with Crippen LogP contribution >= 0.6 is 11.6 Å². The van der Waals surface area contributed by atoms with Crippen molar-refractivity contribution in [3.05, 3.63) is 34.5 Å². The highest BCUT2D eigenvalue weighted by Gasteiger charge is 2.45. The Hall–Kier alpha value is -3.60. The molecule has 0 amide bonds. The molecule has 0 radical (unpaired) electrons. The van der Waals surface area contributed by atoms with Gasteiger partial charge >= 0.3 is 0 Å². The molecular weight excluding hydrogens is 428 g/mol. The van der Waals surface area contributed by atoms with Gasteiger partial charge in [-0.1, -0.05) is 11.6 Å². The maximum absolute atomic E-state index is 9.61. The van der Waals surface area contributed by atoms with Crippen LogP contribution in [0.15, 0.2) is 18.3 Å². The van der Waals surface area contributed by atoms with Crippen molar-refractivity contribution >= 4 is 40.5 Å². The second-order valence-electron chi connectivity index (χ2n) is 8.35. The first-order valence-electron chi connectivity index (χ1n) is 10.6. The van der Waals surface area contributed by atoms with Gasteiger partial charge in [-0.25, -0.2) is 0 Å². The summed E-state index contributed by atoms with van der Waals surface area (Å²) in [6.45, 7) is 1.71. The number of benzene rings is 1. The maximum Gasteiger partial charge on any atom is 0.232 e. The van der Waals surface area contributed by atoms with Crippen LogP contribution in [-0.2, 0) is 0 Å². The Labute approximate surface area is 188 Å².